The van der Waals surface area contributed by atoms with Crippen LogP contribution in [-0.4, -0.2) is 25.5 Å². The van der Waals surface area contributed by atoms with E-state index in [-0.39, 0.29) is 18.2 Å². The first-order chi connectivity index (χ1) is 14.5. The molecule has 0 unspecified atom stereocenters. The van der Waals surface area contributed by atoms with Crippen molar-refractivity contribution in [2.24, 2.45) is 5.73 Å². The molecule has 6 heteroatoms. The van der Waals surface area contributed by atoms with Crippen LogP contribution >= 0.6 is 0 Å². The molecule has 0 saturated carbocycles. The van der Waals surface area contributed by atoms with E-state index < -0.39 is 0 Å². The Morgan fingerprint density at radius 3 is 2.20 bits per heavy atom. The van der Waals surface area contributed by atoms with Crippen molar-refractivity contribution >= 4 is 23.2 Å². The van der Waals surface area contributed by atoms with Crippen LogP contribution in [0.4, 0.5) is 11.4 Å². The number of carbonyl (C=O) groups excluding carboxylic acids is 2. The highest BCUT2D eigenvalue weighted by atomic mass is 16.5. The summed E-state index contributed by atoms with van der Waals surface area (Å²) in [5.74, 6) is 0.261. The predicted octanol–water partition coefficient (Wildman–Crippen LogP) is 3.83. The molecule has 3 aromatic carbocycles. The number of hydrogen-bond acceptors (Lipinski definition) is 4. The maximum Gasteiger partial charge on any atom is 0.255 e. The average molecular weight is 403 g/mol. The first-order valence-corrected chi connectivity index (χ1v) is 9.68. The van der Waals surface area contributed by atoms with Crippen molar-refractivity contribution in [1.82, 2.24) is 0 Å². The van der Waals surface area contributed by atoms with Gasteiger partial charge >= 0.3 is 0 Å². The summed E-state index contributed by atoms with van der Waals surface area (Å²) in [5.41, 5.74) is 8.66. The standard InChI is InChI=1S/C24H25N3O3/c1-30-22-13-11-21(12-14-22)27(16-15-23(25)28)17-18-7-9-19(10-8-18)24(29)26-20-5-3-2-4-6-20/h2-14H,15-17H2,1H3,(H2,25,28)(H,26,29). The van der Waals surface area contributed by atoms with E-state index in [1.807, 2.05) is 66.7 Å². The van der Waals surface area contributed by atoms with Gasteiger partial charge in [0.25, 0.3) is 5.91 Å². The first kappa shape index (κ1) is 20.9. The monoisotopic (exact) mass is 403 g/mol. The molecule has 3 aromatic rings. The summed E-state index contributed by atoms with van der Waals surface area (Å²) in [7, 11) is 1.62. The number of carbonyl (C=O) groups is 2. The molecule has 0 aliphatic carbocycles. The Hall–Kier alpha value is -3.80. The summed E-state index contributed by atoms with van der Waals surface area (Å²) in [6.45, 7) is 1.08. The number of nitrogens with zero attached hydrogens (tertiary/aromatic N) is 1. The minimum Gasteiger partial charge on any atom is -0.497 e. The van der Waals surface area contributed by atoms with E-state index in [4.69, 9.17) is 10.5 Å². The second kappa shape index (κ2) is 10.1. The van der Waals surface area contributed by atoms with Gasteiger partial charge in [0.15, 0.2) is 0 Å². The Kier molecular flexibility index (Phi) is 7.05. The Morgan fingerprint density at radius 1 is 0.933 bits per heavy atom. The smallest absolute Gasteiger partial charge is 0.255 e. The van der Waals surface area contributed by atoms with Gasteiger partial charge in [0.2, 0.25) is 5.91 Å². The lowest BCUT2D eigenvalue weighted by molar-refractivity contribution is -0.117. The molecular weight excluding hydrogens is 378 g/mol. The normalized spacial score (nSPS) is 10.3. The SMILES string of the molecule is COc1ccc(N(CCC(N)=O)Cc2ccc(C(=O)Nc3ccccc3)cc2)cc1. The molecule has 0 aliphatic heterocycles. The van der Waals surface area contributed by atoms with Crippen LogP contribution in [0.1, 0.15) is 22.3 Å². The number of nitrogens with one attached hydrogen (secondary N) is 1. The van der Waals surface area contributed by atoms with E-state index in [1.54, 1.807) is 19.2 Å². The zero-order chi connectivity index (χ0) is 21.3. The summed E-state index contributed by atoms with van der Waals surface area (Å²) < 4.78 is 5.21. The summed E-state index contributed by atoms with van der Waals surface area (Å²) in [5, 5.41) is 2.88. The molecule has 0 saturated heterocycles. The number of nitrogens with two attached hydrogens (primary N) is 1. The predicted molar refractivity (Wildman–Crippen MR) is 119 cm³/mol. The number of ether oxygens (including phenoxy) is 1. The number of rotatable bonds is 9. The minimum atomic E-state index is -0.346. The van der Waals surface area contributed by atoms with Crippen LogP contribution in [0.25, 0.3) is 0 Å². The lowest BCUT2D eigenvalue weighted by Gasteiger charge is -2.25. The van der Waals surface area contributed by atoms with E-state index in [0.29, 0.717) is 18.7 Å². The zero-order valence-corrected chi connectivity index (χ0v) is 16.9. The molecular formula is C24H25N3O3. The molecule has 0 aromatic heterocycles. The van der Waals surface area contributed by atoms with Crippen LogP contribution in [0.15, 0.2) is 78.9 Å². The van der Waals surface area contributed by atoms with Crippen LogP contribution in [-0.2, 0) is 11.3 Å². The summed E-state index contributed by atoms with van der Waals surface area (Å²) in [4.78, 5) is 25.8. The number of anilines is 2. The van der Waals surface area contributed by atoms with Gasteiger partial charge in [0.05, 0.1) is 7.11 Å². The third kappa shape index (κ3) is 5.85. The molecule has 0 heterocycles. The number of primary amides is 1. The molecule has 0 bridgehead atoms. The Labute approximate surface area is 176 Å². The van der Waals surface area contributed by atoms with Crippen LogP contribution < -0.4 is 20.7 Å². The van der Waals surface area contributed by atoms with Gasteiger partial charge in [-0.05, 0) is 54.1 Å². The number of hydrogen-bond donors (Lipinski definition) is 2. The average Bonchev–Trinajstić information content (AvgIpc) is 2.77. The molecule has 154 valence electrons. The van der Waals surface area contributed by atoms with Gasteiger partial charge in [-0.25, -0.2) is 0 Å². The van der Waals surface area contributed by atoms with Gasteiger partial charge in [-0.2, -0.15) is 0 Å². The van der Waals surface area contributed by atoms with Crippen molar-refractivity contribution in [3.63, 3.8) is 0 Å². The van der Waals surface area contributed by atoms with Gasteiger partial charge in [-0.1, -0.05) is 30.3 Å². The summed E-state index contributed by atoms with van der Waals surface area (Å²) in [6, 6.07) is 24.4. The van der Waals surface area contributed by atoms with E-state index >= 15 is 0 Å². The molecule has 0 spiro atoms. The van der Waals surface area contributed by atoms with E-state index in [1.165, 1.54) is 0 Å². The molecule has 30 heavy (non-hydrogen) atoms. The van der Waals surface area contributed by atoms with E-state index in [2.05, 4.69) is 10.2 Å². The number of para-hydroxylation sites is 1. The van der Waals surface area contributed by atoms with Crippen molar-refractivity contribution in [2.75, 3.05) is 23.9 Å². The number of benzene rings is 3. The highest BCUT2D eigenvalue weighted by Crippen LogP contribution is 2.22. The summed E-state index contributed by atoms with van der Waals surface area (Å²) in [6.07, 6.45) is 0.254. The van der Waals surface area contributed by atoms with Crippen molar-refractivity contribution in [3.8, 4) is 5.75 Å². The number of methoxy groups -OCH3 is 1. The van der Waals surface area contributed by atoms with Crippen molar-refractivity contribution in [2.45, 2.75) is 13.0 Å². The second-order valence-electron chi connectivity index (χ2n) is 6.85. The highest BCUT2D eigenvalue weighted by Gasteiger charge is 2.11. The summed E-state index contributed by atoms with van der Waals surface area (Å²) >= 11 is 0. The van der Waals surface area contributed by atoms with E-state index in [0.717, 1.165) is 22.7 Å². The van der Waals surface area contributed by atoms with Gasteiger partial charge < -0.3 is 20.7 Å². The lowest BCUT2D eigenvalue weighted by Crippen LogP contribution is -2.27. The quantitative estimate of drug-likeness (QED) is 0.569. The fourth-order valence-electron chi connectivity index (χ4n) is 3.04. The van der Waals surface area contributed by atoms with Crippen molar-refractivity contribution < 1.29 is 14.3 Å². The Morgan fingerprint density at radius 2 is 1.60 bits per heavy atom. The van der Waals surface area contributed by atoms with Crippen molar-refractivity contribution in [3.05, 3.63) is 90.0 Å². The molecule has 6 nitrogen and oxygen atoms in total. The minimum absolute atomic E-state index is 0.159. The van der Waals surface area contributed by atoms with Crippen molar-refractivity contribution in [1.29, 1.82) is 0 Å². The molecule has 3 rings (SSSR count). The Bertz CT molecular complexity index is 971. The molecule has 3 N–H and O–H groups in total. The highest BCUT2D eigenvalue weighted by molar-refractivity contribution is 6.04. The Balaban J connectivity index is 1.70. The van der Waals surface area contributed by atoms with Crippen LogP contribution in [0.2, 0.25) is 0 Å². The second-order valence-corrected chi connectivity index (χ2v) is 6.85. The van der Waals surface area contributed by atoms with Gasteiger partial charge in [-0.3, -0.25) is 9.59 Å². The number of amides is 2. The van der Waals surface area contributed by atoms with Crippen LogP contribution in [0.5, 0.6) is 5.75 Å². The topological polar surface area (TPSA) is 84.7 Å². The molecule has 0 atom stereocenters. The fraction of sp³-hybridized carbons (Fsp3) is 0.167. The molecule has 0 aliphatic rings. The molecule has 2 amide bonds. The third-order valence-electron chi connectivity index (χ3n) is 4.69. The largest absolute Gasteiger partial charge is 0.497 e. The first-order valence-electron chi connectivity index (χ1n) is 9.68. The van der Waals surface area contributed by atoms with Crippen LogP contribution in [0, 0.1) is 0 Å². The molecule has 0 fully saturated rings. The maximum absolute atomic E-state index is 12.4. The lowest BCUT2D eigenvalue weighted by atomic mass is 10.1. The van der Waals surface area contributed by atoms with Gasteiger partial charge in [0.1, 0.15) is 5.75 Å². The van der Waals surface area contributed by atoms with Gasteiger partial charge in [0, 0.05) is 36.4 Å². The zero-order valence-electron chi connectivity index (χ0n) is 16.9. The van der Waals surface area contributed by atoms with E-state index in [9.17, 15) is 9.59 Å². The molecule has 0 radical (unpaired) electrons. The van der Waals surface area contributed by atoms with Gasteiger partial charge in [-0.15, -0.1) is 0 Å². The maximum atomic E-state index is 12.4. The van der Waals surface area contributed by atoms with Crippen LogP contribution in [0.3, 0.4) is 0 Å². The third-order valence-corrected chi connectivity index (χ3v) is 4.69. The fourth-order valence-corrected chi connectivity index (χ4v) is 3.04.